The second-order valence-electron chi connectivity index (χ2n) is 4.40. The van der Waals surface area contributed by atoms with Crippen molar-refractivity contribution in [3.05, 3.63) is 23.8 Å². The van der Waals surface area contributed by atoms with Crippen LogP contribution in [0.4, 0.5) is 0 Å². The number of carbonyl (C=O) groups is 1. The summed E-state index contributed by atoms with van der Waals surface area (Å²) in [4.78, 5) is 12.5. The van der Waals surface area contributed by atoms with Gasteiger partial charge in [0.2, 0.25) is 0 Å². The van der Waals surface area contributed by atoms with Gasteiger partial charge in [0, 0.05) is 10.7 Å². The number of ether oxygens (including phenoxy) is 2. The van der Waals surface area contributed by atoms with Crippen LogP contribution in [0, 0.1) is 0 Å². The number of hydrogen-bond donors (Lipinski definition) is 1. The largest absolute Gasteiger partial charge is 0.493 e. The Balaban J connectivity index is 3.09. The van der Waals surface area contributed by atoms with Gasteiger partial charge in [-0.15, -0.1) is 0 Å². The molecule has 0 radical (unpaired) electrons. The van der Waals surface area contributed by atoms with Crippen LogP contribution in [0.15, 0.2) is 18.2 Å². The molecule has 112 valence electrons. The summed E-state index contributed by atoms with van der Waals surface area (Å²) in [5, 5.41) is 4.39. The lowest BCUT2D eigenvalue weighted by Crippen LogP contribution is -2.51. The molecule has 0 aromatic heterocycles. The second kappa shape index (κ2) is 7.88. The minimum atomic E-state index is -0.328. The zero-order valence-corrected chi connectivity index (χ0v) is 15.0. The fourth-order valence-electron chi connectivity index (χ4n) is 1.75. The van der Waals surface area contributed by atoms with Gasteiger partial charge in [0.05, 0.1) is 25.3 Å². The Hall–Kier alpha value is -0.750. The van der Waals surface area contributed by atoms with Crippen molar-refractivity contribution < 1.29 is 14.3 Å². The van der Waals surface area contributed by atoms with E-state index in [1.165, 1.54) is 7.11 Å². The number of hydrogen-bond acceptors (Lipinski definition) is 3. The zero-order valence-electron chi connectivity index (χ0n) is 11.8. The summed E-state index contributed by atoms with van der Waals surface area (Å²) in [5.41, 5.74) is 0.136. The summed E-state index contributed by atoms with van der Waals surface area (Å²) >= 11 is 6.92. The molecule has 0 unspecified atom stereocenters. The molecular weight excluding hydrogens is 390 g/mol. The van der Waals surface area contributed by atoms with E-state index in [1.807, 2.05) is 6.92 Å². The first-order chi connectivity index (χ1) is 9.57. The lowest BCUT2D eigenvalue weighted by Gasteiger charge is -2.30. The van der Waals surface area contributed by atoms with Gasteiger partial charge in [0.1, 0.15) is 0 Å². The number of nitrogens with one attached hydrogen (secondary N) is 1. The van der Waals surface area contributed by atoms with Crippen molar-refractivity contribution in [2.24, 2.45) is 0 Å². The molecule has 1 amide bonds. The van der Waals surface area contributed by atoms with Gasteiger partial charge in [-0.1, -0.05) is 44.8 Å². The van der Waals surface area contributed by atoms with Crippen molar-refractivity contribution in [2.75, 3.05) is 24.9 Å². The van der Waals surface area contributed by atoms with Crippen LogP contribution in [0.5, 0.6) is 11.5 Å². The number of benzene rings is 1. The van der Waals surface area contributed by atoms with Crippen molar-refractivity contribution >= 4 is 37.8 Å². The Morgan fingerprint density at radius 1 is 1.25 bits per heavy atom. The van der Waals surface area contributed by atoms with Gasteiger partial charge in [0.15, 0.2) is 11.5 Å². The monoisotopic (exact) mass is 407 g/mol. The summed E-state index contributed by atoms with van der Waals surface area (Å²) in [6.45, 7) is 2.03. The third kappa shape index (κ3) is 3.67. The summed E-state index contributed by atoms with van der Waals surface area (Å²) in [6, 6.07) is 5.25. The van der Waals surface area contributed by atoms with Gasteiger partial charge in [-0.25, -0.2) is 0 Å². The average Bonchev–Trinajstić information content (AvgIpc) is 2.51. The molecule has 0 fully saturated rings. The molecule has 0 saturated heterocycles. The second-order valence-corrected chi connectivity index (χ2v) is 5.52. The van der Waals surface area contributed by atoms with Crippen molar-refractivity contribution in [2.45, 2.75) is 18.9 Å². The molecule has 0 aliphatic heterocycles. The first-order valence-corrected chi connectivity index (χ1v) is 8.47. The Morgan fingerprint density at radius 3 is 2.35 bits per heavy atom. The predicted octanol–water partition coefficient (Wildman–Crippen LogP) is 3.37. The number of para-hydroxylation sites is 1. The van der Waals surface area contributed by atoms with Crippen LogP contribution >= 0.6 is 31.9 Å². The highest BCUT2D eigenvalue weighted by atomic mass is 79.9. The van der Waals surface area contributed by atoms with Crippen LogP contribution in [-0.4, -0.2) is 36.3 Å². The standard InChI is InChI=1S/C14H19Br2NO3/c1-4-14(8-15,9-16)17-13(18)10-6-5-7-11(19-2)12(10)20-3/h5-7H,4,8-9H2,1-3H3,(H,17,18). The fourth-order valence-corrected chi connectivity index (χ4v) is 3.76. The maximum atomic E-state index is 12.5. The van der Waals surface area contributed by atoms with E-state index in [0.29, 0.717) is 27.7 Å². The van der Waals surface area contributed by atoms with Gasteiger partial charge in [-0.3, -0.25) is 4.79 Å². The number of methoxy groups -OCH3 is 2. The molecule has 0 bridgehead atoms. The maximum absolute atomic E-state index is 12.5. The topological polar surface area (TPSA) is 47.6 Å². The average molecular weight is 409 g/mol. The van der Waals surface area contributed by atoms with Crippen LogP contribution in [0.1, 0.15) is 23.7 Å². The minimum Gasteiger partial charge on any atom is -0.493 e. The normalized spacial score (nSPS) is 11.1. The van der Waals surface area contributed by atoms with Crippen molar-refractivity contribution in [3.8, 4) is 11.5 Å². The first kappa shape index (κ1) is 17.3. The van der Waals surface area contributed by atoms with Crippen LogP contribution in [0.25, 0.3) is 0 Å². The Labute approximate surface area is 136 Å². The maximum Gasteiger partial charge on any atom is 0.255 e. The van der Waals surface area contributed by atoms with E-state index in [2.05, 4.69) is 37.2 Å². The SMILES string of the molecule is CCC(CBr)(CBr)NC(=O)c1cccc(OC)c1OC. The number of amides is 1. The van der Waals surface area contributed by atoms with Gasteiger partial charge < -0.3 is 14.8 Å². The molecule has 6 heteroatoms. The zero-order chi connectivity index (χ0) is 15.2. The summed E-state index contributed by atoms with van der Waals surface area (Å²) in [6.07, 6.45) is 0.807. The molecule has 0 aliphatic carbocycles. The number of rotatable bonds is 7. The van der Waals surface area contributed by atoms with Crippen LogP contribution < -0.4 is 14.8 Å². The molecular formula is C14H19Br2NO3. The van der Waals surface area contributed by atoms with E-state index in [1.54, 1.807) is 25.3 Å². The third-order valence-electron chi connectivity index (χ3n) is 3.21. The quantitative estimate of drug-likeness (QED) is 0.703. The Bertz CT molecular complexity index is 453. The Morgan fingerprint density at radius 2 is 1.90 bits per heavy atom. The Kier molecular flexibility index (Phi) is 6.82. The molecule has 0 heterocycles. The lowest BCUT2D eigenvalue weighted by atomic mass is 10.0. The van der Waals surface area contributed by atoms with E-state index in [4.69, 9.17) is 9.47 Å². The van der Waals surface area contributed by atoms with E-state index in [-0.39, 0.29) is 11.4 Å². The van der Waals surface area contributed by atoms with Gasteiger partial charge >= 0.3 is 0 Å². The molecule has 20 heavy (non-hydrogen) atoms. The van der Waals surface area contributed by atoms with E-state index in [0.717, 1.165) is 6.42 Å². The molecule has 0 spiro atoms. The fraction of sp³-hybridized carbons (Fsp3) is 0.500. The van der Waals surface area contributed by atoms with Crippen molar-refractivity contribution in [1.29, 1.82) is 0 Å². The van der Waals surface area contributed by atoms with Crippen molar-refractivity contribution in [3.63, 3.8) is 0 Å². The smallest absolute Gasteiger partial charge is 0.255 e. The molecule has 1 N–H and O–H groups in total. The molecule has 0 atom stereocenters. The highest BCUT2D eigenvalue weighted by Crippen LogP contribution is 2.31. The minimum absolute atomic E-state index is 0.179. The third-order valence-corrected chi connectivity index (χ3v) is 5.36. The van der Waals surface area contributed by atoms with Gasteiger partial charge in [0.25, 0.3) is 5.91 Å². The molecule has 1 rings (SSSR count). The van der Waals surface area contributed by atoms with E-state index >= 15 is 0 Å². The summed E-state index contributed by atoms with van der Waals surface area (Å²) in [5.74, 6) is 0.808. The van der Waals surface area contributed by atoms with E-state index < -0.39 is 0 Å². The van der Waals surface area contributed by atoms with Gasteiger partial charge in [-0.05, 0) is 18.6 Å². The molecule has 0 aliphatic rings. The van der Waals surface area contributed by atoms with E-state index in [9.17, 15) is 4.79 Å². The van der Waals surface area contributed by atoms with Crippen LogP contribution in [0.3, 0.4) is 0 Å². The lowest BCUT2D eigenvalue weighted by molar-refractivity contribution is 0.0911. The molecule has 1 aromatic rings. The van der Waals surface area contributed by atoms with Crippen LogP contribution in [-0.2, 0) is 0 Å². The highest BCUT2D eigenvalue weighted by molar-refractivity contribution is 9.09. The molecule has 0 saturated carbocycles. The summed E-state index contributed by atoms with van der Waals surface area (Å²) < 4.78 is 10.5. The predicted molar refractivity (Wildman–Crippen MR) is 87.6 cm³/mol. The highest BCUT2D eigenvalue weighted by Gasteiger charge is 2.29. The van der Waals surface area contributed by atoms with Gasteiger partial charge in [-0.2, -0.15) is 0 Å². The molecule has 4 nitrogen and oxygen atoms in total. The molecule has 1 aromatic carbocycles. The van der Waals surface area contributed by atoms with Crippen molar-refractivity contribution in [1.82, 2.24) is 5.32 Å². The summed E-state index contributed by atoms with van der Waals surface area (Å²) in [7, 11) is 3.07. The van der Waals surface area contributed by atoms with Crippen LogP contribution in [0.2, 0.25) is 0 Å². The number of carbonyl (C=O) groups excluding carboxylic acids is 1. The number of alkyl halides is 2. The number of halogens is 2. The first-order valence-electron chi connectivity index (χ1n) is 6.23.